The first-order valence-electron chi connectivity index (χ1n) is 7.55. The van der Waals surface area contributed by atoms with Crippen molar-refractivity contribution in [1.82, 2.24) is 14.9 Å². The molecule has 0 aliphatic carbocycles. The Hall–Kier alpha value is -2.86. The second kappa shape index (κ2) is 5.98. The molecule has 2 aromatic heterocycles. The molecule has 5 nitrogen and oxygen atoms in total. The summed E-state index contributed by atoms with van der Waals surface area (Å²) in [5.41, 5.74) is 2.65. The first kappa shape index (κ1) is 14.7. The molecule has 2 amide bonds. The minimum atomic E-state index is -0.226. The summed E-state index contributed by atoms with van der Waals surface area (Å²) >= 11 is 1.51. The smallest absolute Gasteiger partial charge is 0.261 e. The van der Waals surface area contributed by atoms with Crippen LogP contribution in [0, 0.1) is 0 Å². The Morgan fingerprint density at radius 1 is 0.958 bits per heavy atom. The van der Waals surface area contributed by atoms with E-state index in [9.17, 15) is 9.59 Å². The van der Waals surface area contributed by atoms with Crippen LogP contribution in [-0.2, 0) is 6.42 Å². The predicted octanol–water partition coefficient (Wildman–Crippen LogP) is 3.04. The topological polar surface area (TPSA) is 63.2 Å². The Bertz CT molecular complexity index is 886. The van der Waals surface area contributed by atoms with Gasteiger partial charge in [-0.25, -0.2) is 4.98 Å². The van der Waals surface area contributed by atoms with Gasteiger partial charge in [-0.1, -0.05) is 18.2 Å². The van der Waals surface area contributed by atoms with Crippen LogP contribution in [0.3, 0.4) is 0 Å². The van der Waals surface area contributed by atoms with E-state index in [-0.39, 0.29) is 11.8 Å². The van der Waals surface area contributed by atoms with E-state index in [4.69, 9.17) is 0 Å². The molecule has 1 aliphatic heterocycles. The zero-order valence-corrected chi connectivity index (χ0v) is 13.5. The van der Waals surface area contributed by atoms with E-state index in [0.717, 1.165) is 16.4 Å². The fourth-order valence-corrected chi connectivity index (χ4v) is 3.53. The molecule has 0 unspecified atom stereocenters. The van der Waals surface area contributed by atoms with E-state index >= 15 is 0 Å². The van der Waals surface area contributed by atoms with Crippen LogP contribution < -0.4 is 0 Å². The highest BCUT2D eigenvalue weighted by molar-refractivity contribution is 7.13. The highest BCUT2D eigenvalue weighted by atomic mass is 32.1. The van der Waals surface area contributed by atoms with Crippen LogP contribution in [0.4, 0.5) is 0 Å². The average Bonchev–Trinajstić information content (AvgIpc) is 3.19. The average molecular weight is 335 g/mol. The zero-order chi connectivity index (χ0) is 16.5. The number of carbonyl (C=O) groups is 2. The fourth-order valence-electron chi connectivity index (χ4n) is 2.70. The highest BCUT2D eigenvalue weighted by Gasteiger charge is 2.34. The van der Waals surface area contributed by atoms with Gasteiger partial charge in [-0.05, 0) is 24.3 Å². The molecule has 24 heavy (non-hydrogen) atoms. The van der Waals surface area contributed by atoms with Gasteiger partial charge in [-0.3, -0.25) is 19.5 Å². The zero-order valence-electron chi connectivity index (χ0n) is 12.7. The molecule has 0 spiro atoms. The summed E-state index contributed by atoms with van der Waals surface area (Å²) in [5, 5.41) is 2.79. The van der Waals surface area contributed by atoms with E-state index in [1.165, 1.54) is 16.2 Å². The molecule has 0 fully saturated rings. The van der Waals surface area contributed by atoms with E-state index in [0.29, 0.717) is 24.1 Å². The summed E-state index contributed by atoms with van der Waals surface area (Å²) in [7, 11) is 0. The lowest BCUT2D eigenvalue weighted by atomic mass is 10.1. The van der Waals surface area contributed by atoms with Gasteiger partial charge in [-0.2, -0.15) is 0 Å². The number of hydrogen-bond acceptors (Lipinski definition) is 5. The molecule has 0 radical (unpaired) electrons. The third-order valence-corrected chi connectivity index (χ3v) is 4.82. The van der Waals surface area contributed by atoms with Crippen molar-refractivity contribution in [2.75, 3.05) is 6.54 Å². The first-order chi connectivity index (χ1) is 11.7. The number of rotatable bonds is 4. The number of hydrogen-bond donors (Lipinski definition) is 0. The van der Waals surface area contributed by atoms with Crippen molar-refractivity contribution < 1.29 is 9.59 Å². The summed E-state index contributed by atoms with van der Waals surface area (Å²) in [6.45, 7) is 0.331. The lowest BCUT2D eigenvalue weighted by molar-refractivity contribution is 0.0656. The number of pyridine rings is 1. The largest absolute Gasteiger partial charge is 0.274 e. The number of nitrogens with zero attached hydrogens (tertiary/aromatic N) is 3. The van der Waals surface area contributed by atoms with Gasteiger partial charge in [0, 0.05) is 24.5 Å². The van der Waals surface area contributed by atoms with Crippen molar-refractivity contribution in [3.05, 3.63) is 70.9 Å². The molecular weight excluding hydrogens is 322 g/mol. The molecule has 6 heteroatoms. The van der Waals surface area contributed by atoms with Crippen molar-refractivity contribution >= 4 is 23.2 Å². The third kappa shape index (κ3) is 2.51. The standard InChI is InChI=1S/C18H13N3O2S/c22-17-13-5-1-2-6-14(13)18(23)21(17)10-8-12-11-24-16(20-12)15-7-3-4-9-19-15/h1-7,9,11H,8,10H2. The van der Waals surface area contributed by atoms with Gasteiger partial charge < -0.3 is 0 Å². The summed E-state index contributed by atoms with van der Waals surface area (Å²) in [5.74, 6) is -0.452. The molecule has 0 saturated heterocycles. The Kier molecular flexibility index (Phi) is 3.66. The minimum absolute atomic E-state index is 0.226. The van der Waals surface area contributed by atoms with E-state index in [1.54, 1.807) is 30.5 Å². The van der Waals surface area contributed by atoms with Crippen LogP contribution in [0.1, 0.15) is 26.4 Å². The van der Waals surface area contributed by atoms with Crippen LogP contribution in [0.15, 0.2) is 54.0 Å². The second-order valence-electron chi connectivity index (χ2n) is 5.42. The molecular formula is C18H13N3O2S. The van der Waals surface area contributed by atoms with E-state index in [1.807, 2.05) is 23.6 Å². The number of fused-ring (bicyclic) bond motifs is 1. The first-order valence-corrected chi connectivity index (χ1v) is 8.43. The Balaban J connectivity index is 1.48. The third-order valence-electron chi connectivity index (χ3n) is 3.91. The van der Waals surface area contributed by atoms with Crippen LogP contribution in [0.2, 0.25) is 0 Å². The molecule has 118 valence electrons. The normalized spacial score (nSPS) is 13.4. The molecule has 0 bridgehead atoms. The Morgan fingerprint density at radius 2 is 1.67 bits per heavy atom. The lowest BCUT2D eigenvalue weighted by Crippen LogP contribution is -2.31. The summed E-state index contributed by atoms with van der Waals surface area (Å²) in [6.07, 6.45) is 2.27. The maximum absolute atomic E-state index is 12.3. The molecule has 1 aliphatic rings. The van der Waals surface area contributed by atoms with Crippen molar-refractivity contribution in [2.45, 2.75) is 6.42 Å². The van der Waals surface area contributed by atoms with Crippen molar-refractivity contribution in [2.24, 2.45) is 0 Å². The summed E-state index contributed by atoms with van der Waals surface area (Å²) < 4.78 is 0. The molecule has 3 heterocycles. The van der Waals surface area contributed by atoms with Gasteiger partial charge in [0.1, 0.15) is 5.01 Å². The van der Waals surface area contributed by atoms with Gasteiger partial charge in [0.15, 0.2) is 0 Å². The van der Waals surface area contributed by atoms with Crippen molar-refractivity contribution in [3.8, 4) is 10.7 Å². The number of amides is 2. The molecule has 4 rings (SSSR count). The van der Waals surface area contributed by atoms with E-state index < -0.39 is 0 Å². The lowest BCUT2D eigenvalue weighted by Gasteiger charge is -2.12. The molecule has 0 atom stereocenters. The predicted molar refractivity (Wildman–Crippen MR) is 90.9 cm³/mol. The number of imide groups is 1. The summed E-state index contributed by atoms with van der Waals surface area (Å²) in [6, 6.07) is 12.6. The molecule has 0 N–H and O–H groups in total. The second-order valence-corrected chi connectivity index (χ2v) is 6.27. The van der Waals surface area contributed by atoms with Crippen LogP contribution in [-0.4, -0.2) is 33.2 Å². The summed E-state index contributed by atoms with van der Waals surface area (Å²) in [4.78, 5) is 34.8. The van der Waals surface area contributed by atoms with E-state index in [2.05, 4.69) is 9.97 Å². The maximum Gasteiger partial charge on any atom is 0.261 e. The van der Waals surface area contributed by atoms with Crippen molar-refractivity contribution in [3.63, 3.8) is 0 Å². The number of carbonyl (C=O) groups excluding carboxylic acids is 2. The highest BCUT2D eigenvalue weighted by Crippen LogP contribution is 2.24. The van der Waals surface area contributed by atoms with Gasteiger partial charge in [0.2, 0.25) is 0 Å². The maximum atomic E-state index is 12.3. The van der Waals surface area contributed by atoms with Gasteiger partial charge in [0.05, 0.1) is 22.5 Å². The van der Waals surface area contributed by atoms with Crippen LogP contribution in [0.5, 0.6) is 0 Å². The van der Waals surface area contributed by atoms with Crippen LogP contribution >= 0.6 is 11.3 Å². The van der Waals surface area contributed by atoms with Crippen LogP contribution in [0.25, 0.3) is 10.7 Å². The quantitative estimate of drug-likeness (QED) is 0.688. The van der Waals surface area contributed by atoms with Gasteiger partial charge in [0.25, 0.3) is 11.8 Å². The monoisotopic (exact) mass is 335 g/mol. The van der Waals surface area contributed by atoms with Gasteiger partial charge in [-0.15, -0.1) is 11.3 Å². The fraction of sp³-hybridized carbons (Fsp3) is 0.111. The Labute approximate surface area is 142 Å². The van der Waals surface area contributed by atoms with Crippen molar-refractivity contribution in [1.29, 1.82) is 0 Å². The molecule has 0 saturated carbocycles. The van der Waals surface area contributed by atoms with Gasteiger partial charge >= 0.3 is 0 Å². The Morgan fingerprint density at radius 3 is 2.33 bits per heavy atom. The molecule has 3 aromatic rings. The number of benzene rings is 1. The number of aromatic nitrogens is 2. The minimum Gasteiger partial charge on any atom is -0.274 e. The number of thiazole rings is 1. The molecule has 1 aromatic carbocycles. The SMILES string of the molecule is O=C1c2ccccc2C(=O)N1CCc1csc(-c2ccccn2)n1.